The molecule has 0 fully saturated rings. The topological polar surface area (TPSA) is 135 Å². The number of hydroxylamine groups is 1. The molecule has 0 aliphatic rings. The number of alkyl halides is 3. The van der Waals surface area contributed by atoms with Crippen LogP contribution >= 0.6 is 0 Å². The van der Waals surface area contributed by atoms with Gasteiger partial charge in [-0.1, -0.05) is 30.3 Å². The molecular formula is C29H30F3N5O5. The van der Waals surface area contributed by atoms with E-state index < -0.39 is 42.5 Å². The minimum absolute atomic E-state index is 0.0246. The van der Waals surface area contributed by atoms with Crippen molar-refractivity contribution in [1.29, 1.82) is 0 Å². The Kier molecular flexibility index (Phi) is 10.3. The van der Waals surface area contributed by atoms with Crippen molar-refractivity contribution in [1.82, 2.24) is 10.4 Å². The van der Waals surface area contributed by atoms with Crippen LogP contribution < -0.4 is 15.7 Å². The number of carbonyl (C=O) groups is 3. The van der Waals surface area contributed by atoms with Gasteiger partial charge in [-0.15, -0.1) is 0 Å². The normalized spacial score (nSPS) is 11.5. The second-order valence-electron chi connectivity index (χ2n) is 9.47. The van der Waals surface area contributed by atoms with E-state index in [0.717, 1.165) is 11.0 Å². The molecule has 3 aromatic carbocycles. The predicted molar refractivity (Wildman–Crippen MR) is 151 cm³/mol. The molecule has 0 aliphatic carbocycles. The first-order chi connectivity index (χ1) is 19.8. The fourth-order valence-corrected chi connectivity index (χ4v) is 4.11. The van der Waals surface area contributed by atoms with Crippen LogP contribution in [0.2, 0.25) is 0 Å². The standard InChI is InChI=1S/C29H30F3N5O5/c1-33-27(35-42)19-6-4-18(5-7-19)16-37(17-26(39)40)28(41)20-8-11-22(12-9-20)34-25(38)14-21-10-13-23(36(2)3)15-24(21)29(30,31)32/h4-13,15,42H,14,16-17H2,1-3H3,(H,33,35)(H,34,38)(H,39,40). The van der Waals surface area contributed by atoms with E-state index in [1.807, 2.05) is 5.48 Å². The van der Waals surface area contributed by atoms with Crippen LogP contribution in [0.3, 0.4) is 0 Å². The SMILES string of the molecule is CN=C(NO)c1ccc(CN(CC(=O)O)C(=O)c2ccc(NC(=O)Cc3ccc(N(C)C)cc3C(F)(F)F)cc2)cc1. The lowest BCUT2D eigenvalue weighted by Gasteiger charge is -2.21. The van der Waals surface area contributed by atoms with Crippen LogP contribution in [0.15, 0.2) is 71.7 Å². The van der Waals surface area contributed by atoms with Crippen molar-refractivity contribution in [3.63, 3.8) is 0 Å². The second kappa shape index (κ2) is 13.6. The summed E-state index contributed by atoms with van der Waals surface area (Å²) in [5.74, 6) is -2.25. The summed E-state index contributed by atoms with van der Waals surface area (Å²) in [7, 11) is 4.72. The number of nitrogens with zero attached hydrogens (tertiary/aromatic N) is 3. The zero-order chi connectivity index (χ0) is 31.0. The molecule has 0 aromatic heterocycles. The average Bonchev–Trinajstić information content (AvgIpc) is 2.93. The third kappa shape index (κ3) is 8.30. The Morgan fingerprint density at radius 2 is 1.55 bits per heavy atom. The first kappa shape index (κ1) is 31.6. The molecule has 0 spiro atoms. The van der Waals surface area contributed by atoms with Gasteiger partial charge in [0.05, 0.1) is 12.0 Å². The van der Waals surface area contributed by atoms with Gasteiger partial charge < -0.3 is 20.2 Å². The number of nitrogens with one attached hydrogen (secondary N) is 2. The first-order valence-corrected chi connectivity index (χ1v) is 12.6. The van der Waals surface area contributed by atoms with Crippen molar-refractivity contribution in [2.75, 3.05) is 37.9 Å². The Bertz CT molecular complexity index is 1460. The molecule has 0 bridgehead atoms. The fourth-order valence-electron chi connectivity index (χ4n) is 4.11. The van der Waals surface area contributed by atoms with E-state index in [2.05, 4.69) is 10.3 Å². The molecule has 42 heavy (non-hydrogen) atoms. The van der Waals surface area contributed by atoms with Crippen LogP contribution in [-0.4, -0.2) is 66.5 Å². The maximum absolute atomic E-state index is 13.6. The molecule has 3 rings (SSSR count). The molecular weight excluding hydrogens is 555 g/mol. The third-order valence-electron chi connectivity index (χ3n) is 6.23. The summed E-state index contributed by atoms with van der Waals surface area (Å²) in [6.07, 6.45) is -5.16. The van der Waals surface area contributed by atoms with Gasteiger partial charge in [-0.2, -0.15) is 13.2 Å². The number of carbonyl (C=O) groups excluding carboxylic acids is 2. The Morgan fingerprint density at radius 3 is 2.07 bits per heavy atom. The Labute approximate surface area is 240 Å². The fraction of sp³-hybridized carbons (Fsp3) is 0.241. The lowest BCUT2D eigenvalue weighted by atomic mass is 10.0. The molecule has 0 saturated heterocycles. The van der Waals surface area contributed by atoms with Crippen LogP contribution in [0.1, 0.15) is 32.6 Å². The van der Waals surface area contributed by atoms with E-state index in [9.17, 15) is 32.7 Å². The number of amidine groups is 1. The quantitative estimate of drug-likeness (QED) is 0.160. The number of benzene rings is 3. The molecule has 0 atom stereocenters. The van der Waals surface area contributed by atoms with Crippen molar-refractivity contribution < 1.29 is 37.9 Å². The molecule has 2 amide bonds. The number of carboxylic acid groups (broad SMARTS) is 1. The van der Waals surface area contributed by atoms with Crippen molar-refractivity contribution in [2.24, 2.45) is 4.99 Å². The van der Waals surface area contributed by atoms with E-state index in [0.29, 0.717) is 16.8 Å². The van der Waals surface area contributed by atoms with Gasteiger partial charge in [-0.3, -0.25) is 30.1 Å². The van der Waals surface area contributed by atoms with Crippen LogP contribution in [0.4, 0.5) is 24.5 Å². The summed E-state index contributed by atoms with van der Waals surface area (Å²) < 4.78 is 40.8. The number of halogens is 3. The number of aliphatic carboxylic acids is 1. The van der Waals surface area contributed by atoms with Crippen molar-refractivity contribution >= 4 is 35.0 Å². The number of rotatable bonds is 10. The van der Waals surface area contributed by atoms with Gasteiger partial charge in [0.1, 0.15) is 6.54 Å². The van der Waals surface area contributed by atoms with Crippen LogP contribution in [-0.2, 0) is 28.7 Å². The molecule has 10 nitrogen and oxygen atoms in total. The van der Waals surface area contributed by atoms with Gasteiger partial charge in [-0.25, -0.2) is 0 Å². The highest BCUT2D eigenvalue weighted by molar-refractivity contribution is 5.98. The van der Waals surface area contributed by atoms with E-state index in [-0.39, 0.29) is 29.2 Å². The van der Waals surface area contributed by atoms with Crippen LogP contribution in [0.25, 0.3) is 0 Å². The lowest BCUT2D eigenvalue weighted by Crippen LogP contribution is -2.35. The molecule has 3 aromatic rings. The number of aliphatic imine (C=N–C) groups is 1. The molecule has 0 aliphatic heterocycles. The maximum atomic E-state index is 13.6. The van der Waals surface area contributed by atoms with E-state index >= 15 is 0 Å². The predicted octanol–water partition coefficient (Wildman–Crippen LogP) is 4.03. The number of hydrogen-bond donors (Lipinski definition) is 4. The Hall–Kier alpha value is -4.91. The summed E-state index contributed by atoms with van der Waals surface area (Å²) in [6.45, 7) is -0.601. The van der Waals surface area contributed by atoms with E-state index in [4.69, 9.17) is 5.21 Å². The van der Waals surface area contributed by atoms with Gasteiger partial charge in [0.15, 0.2) is 5.84 Å². The first-order valence-electron chi connectivity index (χ1n) is 12.6. The lowest BCUT2D eigenvalue weighted by molar-refractivity contribution is -0.139. The summed E-state index contributed by atoms with van der Waals surface area (Å²) in [5.41, 5.74) is 2.84. The summed E-state index contributed by atoms with van der Waals surface area (Å²) in [6, 6.07) is 16.0. The number of amides is 2. The van der Waals surface area contributed by atoms with E-state index in [1.54, 1.807) is 38.4 Å². The minimum Gasteiger partial charge on any atom is -0.480 e. The monoisotopic (exact) mass is 585 g/mol. The summed E-state index contributed by atoms with van der Waals surface area (Å²) in [5, 5.41) is 21.0. The molecule has 0 heterocycles. The number of anilines is 2. The molecule has 0 radical (unpaired) electrons. The van der Waals surface area contributed by atoms with Gasteiger partial charge >= 0.3 is 12.1 Å². The Morgan fingerprint density at radius 1 is 0.929 bits per heavy atom. The maximum Gasteiger partial charge on any atom is 0.416 e. The highest BCUT2D eigenvalue weighted by Crippen LogP contribution is 2.34. The number of carboxylic acids is 1. The third-order valence-corrected chi connectivity index (χ3v) is 6.23. The van der Waals surface area contributed by atoms with Gasteiger partial charge in [0, 0.05) is 50.2 Å². The zero-order valence-corrected chi connectivity index (χ0v) is 23.1. The average molecular weight is 586 g/mol. The largest absolute Gasteiger partial charge is 0.480 e. The second-order valence-corrected chi connectivity index (χ2v) is 9.47. The van der Waals surface area contributed by atoms with E-state index in [1.165, 1.54) is 48.3 Å². The number of hydrogen-bond acceptors (Lipinski definition) is 6. The minimum atomic E-state index is -4.64. The molecule has 222 valence electrons. The van der Waals surface area contributed by atoms with Gasteiger partial charge in [0.25, 0.3) is 5.91 Å². The zero-order valence-electron chi connectivity index (χ0n) is 23.1. The molecule has 0 saturated carbocycles. The van der Waals surface area contributed by atoms with Crippen LogP contribution in [0.5, 0.6) is 0 Å². The van der Waals surface area contributed by atoms with Crippen molar-refractivity contribution in [3.05, 3.63) is 94.5 Å². The van der Waals surface area contributed by atoms with Crippen molar-refractivity contribution in [3.8, 4) is 0 Å². The summed E-state index contributed by atoms with van der Waals surface area (Å²) >= 11 is 0. The van der Waals surface area contributed by atoms with Crippen molar-refractivity contribution in [2.45, 2.75) is 19.1 Å². The highest BCUT2D eigenvalue weighted by atomic mass is 19.4. The molecule has 13 heteroatoms. The summed E-state index contributed by atoms with van der Waals surface area (Å²) in [4.78, 5) is 43.7. The van der Waals surface area contributed by atoms with Gasteiger partial charge in [0.2, 0.25) is 5.91 Å². The van der Waals surface area contributed by atoms with Crippen LogP contribution in [0, 0.1) is 0 Å². The Balaban J connectivity index is 1.71. The molecule has 4 N–H and O–H groups in total. The highest BCUT2D eigenvalue weighted by Gasteiger charge is 2.34. The smallest absolute Gasteiger partial charge is 0.416 e. The van der Waals surface area contributed by atoms with Gasteiger partial charge in [-0.05, 0) is 47.5 Å². The molecule has 0 unspecified atom stereocenters.